The molecule has 6 heteroatoms. The smallest absolute Gasteiger partial charge is 0.278 e. The van der Waals surface area contributed by atoms with E-state index in [4.69, 9.17) is 9.47 Å². The zero-order valence-electron chi connectivity index (χ0n) is 17.3. The SMILES string of the molecule is C=CCN1C(=O)C(Nc2ccccc2OCC)=C(c2ccc(OCCC)cc2)C1=O. The Hall–Kier alpha value is -3.54. The Kier molecular flexibility index (Phi) is 6.91. The third kappa shape index (κ3) is 4.38. The lowest BCUT2D eigenvalue weighted by Crippen LogP contribution is -2.32. The number of benzene rings is 2. The van der Waals surface area contributed by atoms with Gasteiger partial charge in [-0.1, -0.05) is 37.3 Å². The monoisotopic (exact) mass is 406 g/mol. The Balaban J connectivity index is 2.02. The molecule has 0 spiro atoms. The van der Waals surface area contributed by atoms with Gasteiger partial charge in [-0.2, -0.15) is 0 Å². The molecule has 3 rings (SSSR count). The summed E-state index contributed by atoms with van der Waals surface area (Å²) in [6.07, 6.45) is 2.44. The molecule has 0 aromatic heterocycles. The van der Waals surface area contributed by atoms with Gasteiger partial charge in [0.1, 0.15) is 17.2 Å². The molecule has 30 heavy (non-hydrogen) atoms. The van der Waals surface area contributed by atoms with Crippen molar-refractivity contribution in [3.63, 3.8) is 0 Å². The van der Waals surface area contributed by atoms with Gasteiger partial charge >= 0.3 is 0 Å². The lowest BCUT2D eigenvalue weighted by atomic mass is 10.0. The van der Waals surface area contributed by atoms with Crippen molar-refractivity contribution in [3.8, 4) is 11.5 Å². The van der Waals surface area contributed by atoms with E-state index in [9.17, 15) is 9.59 Å². The minimum atomic E-state index is -0.396. The number of carbonyl (C=O) groups excluding carboxylic acids is 2. The summed E-state index contributed by atoms with van der Waals surface area (Å²) in [4.78, 5) is 27.3. The lowest BCUT2D eigenvalue weighted by molar-refractivity contribution is -0.136. The van der Waals surface area contributed by atoms with Crippen LogP contribution in [0.3, 0.4) is 0 Å². The van der Waals surface area contributed by atoms with Gasteiger partial charge in [0.05, 0.1) is 24.5 Å². The van der Waals surface area contributed by atoms with Gasteiger partial charge in [-0.05, 0) is 43.2 Å². The average Bonchev–Trinajstić information content (AvgIpc) is 2.99. The lowest BCUT2D eigenvalue weighted by Gasteiger charge is -2.14. The van der Waals surface area contributed by atoms with Gasteiger partial charge in [-0.15, -0.1) is 6.58 Å². The highest BCUT2D eigenvalue weighted by Gasteiger charge is 2.38. The second-order valence-corrected chi connectivity index (χ2v) is 6.69. The van der Waals surface area contributed by atoms with E-state index in [1.807, 2.05) is 38.1 Å². The molecule has 0 saturated carbocycles. The fourth-order valence-electron chi connectivity index (χ4n) is 3.18. The maximum Gasteiger partial charge on any atom is 0.278 e. The highest BCUT2D eigenvalue weighted by molar-refractivity contribution is 6.36. The molecule has 1 aliphatic rings. The van der Waals surface area contributed by atoms with Crippen LogP contribution in [0.15, 0.2) is 66.9 Å². The molecule has 2 aromatic carbocycles. The van der Waals surface area contributed by atoms with Crippen LogP contribution in [0, 0.1) is 0 Å². The predicted octanol–water partition coefficient (Wildman–Crippen LogP) is 4.25. The van der Waals surface area contributed by atoms with Crippen LogP contribution in [0.25, 0.3) is 5.57 Å². The van der Waals surface area contributed by atoms with Crippen LogP contribution < -0.4 is 14.8 Å². The number of anilines is 1. The number of carbonyl (C=O) groups is 2. The summed E-state index contributed by atoms with van der Waals surface area (Å²) in [6, 6.07) is 14.5. The van der Waals surface area contributed by atoms with E-state index in [0.717, 1.165) is 12.2 Å². The largest absolute Gasteiger partial charge is 0.494 e. The molecule has 0 aliphatic carbocycles. The number of hydrogen-bond acceptors (Lipinski definition) is 5. The van der Waals surface area contributed by atoms with Crippen molar-refractivity contribution in [1.82, 2.24) is 4.90 Å². The standard InChI is InChI=1S/C24H26N2O4/c1-4-15-26-23(27)21(17-11-13-18(14-12-17)30-16-5-2)22(24(26)28)25-19-9-7-8-10-20(19)29-6-3/h4,7-14,25H,1,5-6,15-16H2,2-3H3. The number of rotatable bonds is 10. The first-order chi connectivity index (χ1) is 14.6. The topological polar surface area (TPSA) is 67.9 Å². The van der Waals surface area contributed by atoms with Gasteiger partial charge in [0, 0.05) is 6.54 Å². The first kappa shape index (κ1) is 21.2. The van der Waals surface area contributed by atoms with Crippen molar-refractivity contribution in [2.75, 3.05) is 25.1 Å². The number of amides is 2. The molecule has 2 amide bonds. The Bertz CT molecular complexity index is 963. The fourth-order valence-corrected chi connectivity index (χ4v) is 3.18. The molecule has 1 N–H and O–H groups in total. The Morgan fingerprint density at radius 1 is 1.00 bits per heavy atom. The maximum absolute atomic E-state index is 13.1. The van der Waals surface area contributed by atoms with E-state index >= 15 is 0 Å². The van der Waals surface area contributed by atoms with Crippen LogP contribution in [0.1, 0.15) is 25.8 Å². The van der Waals surface area contributed by atoms with Crippen molar-refractivity contribution in [3.05, 3.63) is 72.4 Å². The van der Waals surface area contributed by atoms with Crippen LogP contribution in [-0.2, 0) is 9.59 Å². The third-order valence-electron chi connectivity index (χ3n) is 4.54. The van der Waals surface area contributed by atoms with E-state index in [2.05, 4.69) is 11.9 Å². The van der Waals surface area contributed by atoms with Gasteiger partial charge < -0.3 is 14.8 Å². The number of nitrogens with zero attached hydrogens (tertiary/aromatic N) is 1. The number of hydrogen-bond donors (Lipinski definition) is 1. The summed E-state index contributed by atoms with van der Waals surface area (Å²) in [5, 5.41) is 3.14. The molecule has 1 aliphatic heterocycles. The minimum Gasteiger partial charge on any atom is -0.494 e. The molecule has 0 atom stereocenters. The minimum absolute atomic E-state index is 0.136. The molecule has 156 valence electrons. The normalized spacial score (nSPS) is 13.6. The molecule has 1 heterocycles. The molecule has 2 aromatic rings. The zero-order chi connectivity index (χ0) is 21.5. The average molecular weight is 406 g/mol. The van der Waals surface area contributed by atoms with Crippen molar-refractivity contribution < 1.29 is 19.1 Å². The second-order valence-electron chi connectivity index (χ2n) is 6.69. The highest BCUT2D eigenvalue weighted by atomic mass is 16.5. The van der Waals surface area contributed by atoms with Crippen molar-refractivity contribution in [2.24, 2.45) is 0 Å². The maximum atomic E-state index is 13.1. The van der Waals surface area contributed by atoms with Crippen molar-refractivity contribution in [1.29, 1.82) is 0 Å². The van der Waals surface area contributed by atoms with Gasteiger partial charge in [-0.3, -0.25) is 14.5 Å². The Morgan fingerprint density at radius 3 is 2.40 bits per heavy atom. The fraction of sp³-hybridized carbons (Fsp3) is 0.250. The van der Waals surface area contributed by atoms with Crippen LogP contribution in [0.5, 0.6) is 11.5 Å². The van der Waals surface area contributed by atoms with E-state index in [1.54, 1.807) is 24.3 Å². The molecule has 6 nitrogen and oxygen atoms in total. The number of nitrogens with one attached hydrogen (secondary N) is 1. The van der Waals surface area contributed by atoms with Crippen molar-refractivity contribution in [2.45, 2.75) is 20.3 Å². The van der Waals surface area contributed by atoms with Crippen LogP contribution >= 0.6 is 0 Å². The van der Waals surface area contributed by atoms with Gasteiger partial charge in [0.15, 0.2) is 0 Å². The summed E-state index contributed by atoms with van der Waals surface area (Å²) in [5.74, 6) is 0.570. The predicted molar refractivity (Wildman–Crippen MR) is 117 cm³/mol. The number of ether oxygens (including phenoxy) is 2. The Labute approximate surface area is 176 Å². The molecule has 0 saturated heterocycles. The summed E-state index contributed by atoms with van der Waals surface area (Å²) < 4.78 is 11.3. The van der Waals surface area contributed by atoms with Crippen molar-refractivity contribution >= 4 is 23.1 Å². The first-order valence-electron chi connectivity index (χ1n) is 10.0. The first-order valence-corrected chi connectivity index (χ1v) is 10.0. The van der Waals surface area contributed by atoms with Crippen LogP contribution in [-0.4, -0.2) is 36.5 Å². The molecule has 0 fully saturated rings. The van der Waals surface area contributed by atoms with E-state index in [1.165, 1.54) is 11.0 Å². The number of imide groups is 1. The Morgan fingerprint density at radius 2 is 1.73 bits per heavy atom. The van der Waals surface area contributed by atoms with Gasteiger partial charge in [0.25, 0.3) is 11.8 Å². The molecular weight excluding hydrogens is 380 g/mol. The molecule has 0 bridgehead atoms. The summed E-state index contributed by atoms with van der Waals surface area (Å²) in [7, 11) is 0. The van der Waals surface area contributed by atoms with Crippen LogP contribution in [0.4, 0.5) is 5.69 Å². The highest BCUT2D eigenvalue weighted by Crippen LogP contribution is 2.33. The molecule has 0 unspecified atom stereocenters. The summed E-state index contributed by atoms with van der Waals surface area (Å²) >= 11 is 0. The van der Waals surface area contributed by atoms with E-state index < -0.39 is 5.91 Å². The second kappa shape index (κ2) is 9.78. The molecule has 0 radical (unpaired) electrons. The quantitative estimate of drug-likeness (QED) is 0.472. The number of para-hydroxylation sites is 2. The van der Waals surface area contributed by atoms with Crippen LogP contribution in [0.2, 0.25) is 0 Å². The van der Waals surface area contributed by atoms with Gasteiger partial charge in [0.2, 0.25) is 0 Å². The van der Waals surface area contributed by atoms with E-state index in [-0.39, 0.29) is 18.1 Å². The third-order valence-corrected chi connectivity index (χ3v) is 4.54. The summed E-state index contributed by atoms with van der Waals surface area (Å²) in [5.41, 5.74) is 1.79. The van der Waals surface area contributed by atoms with Gasteiger partial charge in [-0.25, -0.2) is 0 Å². The van der Waals surface area contributed by atoms with E-state index in [0.29, 0.717) is 35.8 Å². The summed E-state index contributed by atoms with van der Waals surface area (Å²) in [6.45, 7) is 8.82. The molecular formula is C24H26N2O4. The zero-order valence-corrected chi connectivity index (χ0v) is 17.3.